The Balaban J connectivity index is 1.10. The number of oxazole rings is 1. The normalized spacial score (nSPS) is 11.6. The van der Waals surface area contributed by atoms with Gasteiger partial charge in [0.15, 0.2) is 5.58 Å². The van der Waals surface area contributed by atoms with Crippen LogP contribution >= 0.6 is 0 Å². The summed E-state index contributed by atoms with van der Waals surface area (Å²) in [5.74, 6) is 0.622. The number of para-hydroxylation sites is 2. The van der Waals surface area contributed by atoms with Crippen LogP contribution in [0, 0.1) is 0 Å². The molecule has 0 saturated heterocycles. The molecular weight excluding hydrogens is 707 g/mol. The molecule has 0 atom stereocenters. The van der Waals surface area contributed by atoms with Gasteiger partial charge in [-0.2, -0.15) is 0 Å². The lowest BCUT2D eigenvalue weighted by molar-refractivity contribution is 0.623. The highest BCUT2D eigenvalue weighted by molar-refractivity contribution is 6.18. The van der Waals surface area contributed by atoms with Gasteiger partial charge in [-0.15, -0.1) is 0 Å². The van der Waals surface area contributed by atoms with Crippen LogP contribution in [0.2, 0.25) is 0 Å². The van der Waals surface area contributed by atoms with Crippen molar-refractivity contribution >= 4 is 66.8 Å². The largest absolute Gasteiger partial charge is 0.435 e. The van der Waals surface area contributed by atoms with Gasteiger partial charge < -0.3 is 14.2 Å². The predicted molar refractivity (Wildman–Crippen MR) is 242 cm³/mol. The van der Waals surface area contributed by atoms with Gasteiger partial charge in [0.25, 0.3) is 0 Å². The molecule has 9 aromatic carbocycles. The Labute approximate surface area is 338 Å². The third-order valence-corrected chi connectivity index (χ3v) is 11.3. The van der Waals surface area contributed by atoms with E-state index in [1.807, 2.05) is 30.3 Å². The van der Waals surface area contributed by atoms with Crippen molar-refractivity contribution in [2.45, 2.75) is 19.3 Å². The molecule has 278 valence electrons. The van der Waals surface area contributed by atoms with E-state index in [1.54, 1.807) is 0 Å². The highest BCUT2D eigenvalue weighted by Crippen LogP contribution is 2.43. The summed E-state index contributed by atoms with van der Waals surface area (Å²) in [7, 11) is 0. The molecule has 0 radical (unpaired) electrons. The summed E-state index contributed by atoms with van der Waals surface area (Å²) in [4.78, 5) is 9.60. The molecule has 0 bridgehead atoms. The van der Waals surface area contributed by atoms with Crippen LogP contribution in [0.25, 0.3) is 44.1 Å². The average molecular weight is 748 g/mol. The van der Waals surface area contributed by atoms with E-state index >= 15 is 0 Å². The van der Waals surface area contributed by atoms with E-state index in [1.165, 1.54) is 11.1 Å². The zero-order chi connectivity index (χ0) is 39.1. The Kier molecular flexibility index (Phi) is 8.80. The predicted octanol–water partition coefficient (Wildman–Crippen LogP) is 15.1. The molecule has 0 N–H and O–H groups in total. The van der Waals surface area contributed by atoms with Gasteiger partial charge in [-0.1, -0.05) is 141 Å². The zero-order valence-corrected chi connectivity index (χ0v) is 32.5. The van der Waals surface area contributed by atoms with Crippen molar-refractivity contribution in [3.8, 4) is 11.5 Å². The van der Waals surface area contributed by atoms with E-state index in [0.717, 1.165) is 72.3 Å². The first-order chi connectivity index (χ1) is 28.5. The van der Waals surface area contributed by atoms with Gasteiger partial charge in [0.05, 0.1) is 0 Å². The molecule has 58 heavy (non-hydrogen) atoms. The van der Waals surface area contributed by atoms with Crippen LogP contribution in [0.1, 0.15) is 25.0 Å². The van der Waals surface area contributed by atoms with Crippen molar-refractivity contribution < 1.29 is 4.42 Å². The van der Waals surface area contributed by atoms with Gasteiger partial charge in [-0.25, -0.2) is 4.98 Å². The average Bonchev–Trinajstić information content (AvgIpc) is 3.73. The summed E-state index contributed by atoms with van der Waals surface area (Å²) in [5, 5.41) is 4.41. The molecule has 4 heteroatoms. The maximum atomic E-state index is 6.59. The van der Waals surface area contributed by atoms with Gasteiger partial charge in [0.2, 0.25) is 5.89 Å². The lowest BCUT2D eigenvalue weighted by Gasteiger charge is -2.30. The van der Waals surface area contributed by atoms with Gasteiger partial charge in [-0.05, 0) is 112 Å². The highest BCUT2D eigenvalue weighted by atomic mass is 16.3. The third kappa shape index (κ3) is 6.35. The molecule has 1 heterocycles. The summed E-state index contributed by atoms with van der Waals surface area (Å²) in [5.41, 5.74) is 11.4. The first-order valence-electron chi connectivity index (χ1n) is 19.8. The lowest BCUT2D eigenvalue weighted by atomic mass is 9.78. The maximum Gasteiger partial charge on any atom is 0.227 e. The molecule has 0 aliphatic heterocycles. The standard InChI is InChI=1S/C54H41N3O/c1-54(2,41-18-9-4-10-19-41)42-30-33-45(34-31-42)56(43-20-11-5-12-21-43)46-24-15-25-47(36-46)57(44-22-13-6-14-23-44)48-32-28-38-26-27-39-29-35-50-52(51(39)49(38)37-48)58-53(55-50)40-16-7-3-8-17-40/h3-37H,1-2H3. The van der Waals surface area contributed by atoms with Crippen LogP contribution in [0.4, 0.5) is 34.1 Å². The van der Waals surface area contributed by atoms with Crippen LogP contribution in [-0.2, 0) is 5.41 Å². The quantitative estimate of drug-likeness (QED) is 0.138. The molecular formula is C54H41N3O. The van der Waals surface area contributed by atoms with Gasteiger partial charge in [0, 0.05) is 50.5 Å². The fraction of sp³-hybridized carbons (Fsp3) is 0.0556. The molecule has 0 aliphatic carbocycles. The summed E-state index contributed by atoms with van der Waals surface area (Å²) in [6.45, 7) is 4.58. The summed E-state index contributed by atoms with van der Waals surface area (Å²) < 4.78 is 6.59. The molecule has 0 aliphatic rings. The molecule has 0 unspecified atom stereocenters. The van der Waals surface area contributed by atoms with Crippen molar-refractivity contribution in [1.29, 1.82) is 0 Å². The molecule has 1 aromatic heterocycles. The lowest BCUT2D eigenvalue weighted by Crippen LogP contribution is -2.19. The fourth-order valence-electron chi connectivity index (χ4n) is 8.22. The van der Waals surface area contributed by atoms with Crippen LogP contribution in [0.15, 0.2) is 217 Å². The van der Waals surface area contributed by atoms with Crippen molar-refractivity contribution in [1.82, 2.24) is 4.98 Å². The van der Waals surface area contributed by atoms with Crippen LogP contribution in [-0.4, -0.2) is 4.98 Å². The van der Waals surface area contributed by atoms with Crippen LogP contribution < -0.4 is 9.80 Å². The zero-order valence-electron chi connectivity index (χ0n) is 32.5. The highest BCUT2D eigenvalue weighted by Gasteiger charge is 2.24. The van der Waals surface area contributed by atoms with E-state index in [2.05, 4.69) is 206 Å². The monoisotopic (exact) mass is 747 g/mol. The Morgan fingerprint density at radius 2 is 0.879 bits per heavy atom. The number of aromatic nitrogens is 1. The first kappa shape index (κ1) is 35.0. The molecule has 10 rings (SSSR count). The van der Waals surface area contributed by atoms with E-state index in [0.29, 0.717) is 5.89 Å². The molecule has 0 amide bonds. The minimum absolute atomic E-state index is 0.137. The molecule has 0 fully saturated rings. The second kappa shape index (κ2) is 14.6. The Hall–Kier alpha value is -7.43. The van der Waals surface area contributed by atoms with Gasteiger partial charge in [0.1, 0.15) is 5.52 Å². The molecule has 0 spiro atoms. The number of hydrogen-bond acceptors (Lipinski definition) is 4. The smallest absolute Gasteiger partial charge is 0.227 e. The van der Waals surface area contributed by atoms with Gasteiger partial charge in [-0.3, -0.25) is 0 Å². The molecule has 0 saturated carbocycles. The van der Waals surface area contributed by atoms with E-state index < -0.39 is 0 Å². The fourth-order valence-corrected chi connectivity index (χ4v) is 8.22. The third-order valence-electron chi connectivity index (χ3n) is 11.3. The Morgan fingerprint density at radius 1 is 0.414 bits per heavy atom. The Bertz CT molecular complexity index is 3010. The number of nitrogens with zero attached hydrogens (tertiary/aromatic N) is 3. The molecule has 4 nitrogen and oxygen atoms in total. The SMILES string of the molecule is CC(C)(c1ccccc1)c1ccc(N(c2ccccc2)c2cccc(N(c3ccccc3)c3ccc4ccc5ccc6nc(-c7ccccc7)oc6c5c4c3)c2)cc1. The van der Waals surface area contributed by atoms with E-state index in [9.17, 15) is 0 Å². The maximum absolute atomic E-state index is 6.59. The van der Waals surface area contributed by atoms with Crippen molar-refractivity contribution in [3.05, 3.63) is 223 Å². The van der Waals surface area contributed by atoms with E-state index in [-0.39, 0.29) is 5.41 Å². The van der Waals surface area contributed by atoms with Crippen molar-refractivity contribution in [3.63, 3.8) is 0 Å². The second-order valence-corrected chi connectivity index (χ2v) is 15.3. The van der Waals surface area contributed by atoms with Crippen molar-refractivity contribution in [2.75, 3.05) is 9.80 Å². The number of benzene rings is 9. The van der Waals surface area contributed by atoms with E-state index in [4.69, 9.17) is 9.40 Å². The Morgan fingerprint density at radius 3 is 1.53 bits per heavy atom. The number of rotatable bonds is 9. The minimum Gasteiger partial charge on any atom is -0.435 e. The summed E-state index contributed by atoms with van der Waals surface area (Å²) in [6, 6.07) is 75.2. The second-order valence-electron chi connectivity index (χ2n) is 15.3. The van der Waals surface area contributed by atoms with Crippen LogP contribution in [0.3, 0.4) is 0 Å². The van der Waals surface area contributed by atoms with Crippen LogP contribution in [0.5, 0.6) is 0 Å². The molecule has 10 aromatic rings. The summed E-state index contributed by atoms with van der Waals surface area (Å²) in [6.07, 6.45) is 0. The van der Waals surface area contributed by atoms with Gasteiger partial charge >= 0.3 is 0 Å². The summed E-state index contributed by atoms with van der Waals surface area (Å²) >= 11 is 0. The number of hydrogen-bond donors (Lipinski definition) is 0. The number of fused-ring (bicyclic) bond motifs is 5. The number of anilines is 6. The first-order valence-corrected chi connectivity index (χ1v) is 19.8. The topological polar surface area (TPSA) is 32.5 Å². The van der Waals surface area contributed by atoms with Crippen molar-refractivity contribution in [2.24, 2.45) is 0 Å². The minimum atomic E-state index is -0.137.